The average Bonchev–Trinajstić information content (AvgIpc) is 2.85. The minimum atomic E-state index is -0.0120. The number of fused-ring (bicyclic) bond motifs is 1. The molecule has 2 heterocycles. The number of hydrogen-bond donors (Lipinski definition) is 0. The Morgan fingerprint density at radius 1 is 1.33 bits per heavy atom. The lowest BCUT2D eigenvalue weighted by Crippen LogP contribution is -2.33. The van der Waals surface area contributed by atoms with E-state index in [4.69, 9.17) is 14.2 Å². The monoisotopic (exact) mass is 270 g/mol. The molecule has 1 aromatic rings. The number of carbonyl (C=O) groups is 1. The molecule has 0 spiro atoms. The van der Waals surface area contributed by atoms with Gasteiger partial charge >= 0.3 is 0 Å². The molecule has 0 saturated heterocycles. The summed E-state index contributed by atoms with van der Waals surface area (Å²) in [6, 6.07) is 0. The summed E-state index contributed by atoms with van der Waals surface area (Å²) in [7, 11) is 0. The normalized spacial score (nSPS) is 17.7. The summed E-state index contributed by atoms with van der Waals surface area (Å²) in [5.41, 5.74) is 0. The Balaban J connectivity index is 1.54. The summed E-state index contributed by atoms with van der Waals surface area (Å²) in [4.78, 5) is 10.1. The van der Waals surface area contributed by atoms with E-state index in [9.17, 15) is 4.79 Å². The zero-order chi connectivity index (χ0) is 12.6. The van der Waals surface area contributed by atoms with Crippen molar-refractivity contribution in [2.45, 2.75) is 31.8 Å². The summed E-state index contributed by atoms with van der Waals surface area (Å²) < 4.78 is 16.8. The summed E-state index contributed by atoms with van der Waals surface area (Å²) in [5.74, 6) is 1.66. The van der Waals surface area contributed by atoms with Gasteiger partial charge in [0, 0.05) is 23.8 Å². The minimum Gasteiger partial charge on any atom is -0.485 e. The standard InChI is InChI=1S/C13H18O4S/c14-5-3-1-2-4-6-15-7-11-8-16-12-9-18-10-13(12)17-11/h5,9-11H,1-4,6-8H2. The van der Waals surface area contributed by atoms with Crippen molar-refractivity contribution in [3.63, 3.8) is 0 Å². The second-order valence-corrected chi connectivity index (χ2v) is 4.99. The molecule has 4 nitrogen and oxygen atoms in total. The first-order valence-electron chi connectivity index (χ1n) is 6.27. The highest BCUT2D eigenvalue weighted by Gasteiger charge is 2.21. The number of aldehydes is 1. The van der Waals surface area contributed by atoms with Crippen molar-refractivity contribution in [2.75, 3.05) is 19.8 Å². The van der Waals surface area contributed by atoms with Gasteiger partial charge in [0.25, 0.3) is 0 Å². The molecule has 1 aliphatic heterocycles. The molecule has 5 heteroatoms. The van der Waals surface area contributed by atoms with E-state index in [1.165, 1.54) is 0 Å². The van der Waals surface area contributed by atoms with Crippen LogP contribution in [0.4, 0.5) is 0 Å². The zero-order valence-electron chi connectivity index (χ0n) is 10.3. The van der Waals surface area contributed by atoms with E-state index in [1.807, 2.05) is 10.8 Å². The first-order valence-corrected chi connectivity index (χ1v) is 7.21. The Morgan fingerprint density at radius 2 is 2.22 bits per heavy atom. The van der Waals surface area contributed by atoms with E-state index in [0.29, 0.717) is 19.6 Å². The van der Waals surface area contributed by atoms with Crippen LogP contribution in [0.15, 0.2) is 10.8 Å². The van der Waals surface area contributed by atoms with E-state index in [-0.39, 0.29) is 6.10 Å². The SMILES string of the molecule is O=CCCCCCOCC1COc2cscc2O1. The first kappa shape index (κ1) is 13.4. The fraction of sp³-hybridized carbons (Fsp3) is 0.615. The van der Waals surface area contributed by atoms with Crippen LogP contribution in [0.25, 0.3) is 0 Å². The largest absolute Gasteiger partial charge is 0.485 e. The van der Waals surface area contributed by atoms with Gasteiger partial charge < -0.3 is 19.0 Å². The highest BCUT2D eigenvalue weighted by atomic mass is 32.1. The van der Waals surface area contributed by atoms with E-state index >= 15 is 0 Å². The molecule has 1 unspecified atom stereocenters. The van der Waals surface area contributed by atoms with Gasteiger partial charge in [0.05, 0.1) is 6.61 Å². The number of rotatable bonds is 8. The number of thiophene rings is 1. The Hall–Kier alpha value is -1.07. The molecule has 0 saturated carbocycles. The third kappa shape index (κ3) is 3.99. The van der Waals surface area contributed by atoms with E-state index < -0.39 is 0 Å². The third-order valence-electron chi connectivity index (χ3n) is 2.73. The number of hydrogen-bond acceptors (Lipinski definition) is 5. The smallest absolute Gasteiger partial charge is 0.172 e. The molecule has 0 amide bonds. The maximum absolute atomic E-state index is 10.1. The minimum absolute atomic E-state index is 0.0120. The lowest BCUT2D eigenvalue weighted by molar-refractivity contribution is -0.107. The zero-order valence-corrected chi connectivity index (χ0v) is 11.1. The van der Waals surface area contributed by atoms with Crippen LogP contribution in [-0.2, 0) is 9.53 Å². The maximum atomic E-state index is 10.1. The predicted molar refractivity (Wildman–Crippen MR) is 69.6 cm³/mol. The number of unbranched alkanes of at least 4 members (excludes halogenated alkanes) is 3. The van der Waals surface area contributed by atoms with Crippen LogP contribution in [0, 0.1) is 0 Å². The quantitative estimate of drug-likeness (QED) is 0.538. The van der Waals surface area contributed by atoms with Gasteiger partial charge in [0.1, 0.15) is 12.9 Å². The maximum Gasteiger partial charge on any atom is 0.172 e. The Morgan fingerprint density at radius 3 is 3.11 bits per heavy atom. The van der Waals surface area contributed by atoms with Gasteiger partial charge in [0.15, 0.2) is 17.6 Å². The molecule has 0 aromatic carbocycles. The van der Waals surface area contributed by atoms with Crippen molar-refractivity contribution in [1.29, 1.82) is 0 Å². The Labute approximate surface area is 111 Å². The summed E-state index contributed by atoms with van der Waals surface area (Å²) >= 11 is 1.58. The second kappa shape index (κ2) is 7.38. The molecule has 1 aromatic heterocycles. The highest BCUT2D eigenvalue weighted by molar-refractivity contribution is 7.08. The number of carbonyl (C=O) groups excluding carboxylic acids is 1. The fourth-order valence-electron chi connectivity index (χ4n) is 1.77. The highest BCUT2D eigenvalue weighted by Crippen LogP contribution is 2.35. The number of ether oxygens (including phenoxy) is 3. The molecule has 1 aliphatic rings. The van der Waals surface area contributed by atoms with E-state index in [2.05, 4.69) is 0 Å². The third-order valence-corrected chi connectivity index (χ3v) is 3.43. The molecule has 0 aliphatic carbocycles. The van der Waals surface area contributed by atoms with E-state index in [1.54, 1.807) is 11.3 Å². The average molecular weight is 270 g/mol. The van der Waals surface area contributed by atoms with Crippen LogP contribution in [0.5, 0.6) is 11.5 Å². The van der Waals surface area contributed by atoms with Crippen LogP contribution in [0.2, 0.25) is 0 Å². The summed E-state index contributed by atoms with van der Waals surface area (Å²) in [6.07, 6.45) is 4.59. The molecule has 2 rings (SSSR count). The Bertz CT molecular complexity index is 364. The summed E-state index contributed by atoms with van der Waals surface area (Å²) in [5, 5.41) is 3.89. The van der Waals surface area contributed by atoms with Gasteiger partial charge in [-0.3, -0.25) is 0 Å². The first-order chi connectivity index (χ1) is 8.90. The second-order valence-electron chi connectivity index (χ2n) is 4.24. The van der Waals surface area contributed by atoms with Crippen LogP contribution in [0.1, 0.15) is 25.7 Å². The van der Waals surface area contributed by atoms with Gasteiger partial charge in [-0.2, -0.15) is 0 Å². The molecule has 100 valence electrons. The van der Waals surface area contributed by atoms with Crippen LogP contribution < -0.4 is 9.47 Å². The van der Waals surface area contributed by atoms with Gasteiger partial charge in [-0.1, -0.05) is 6.42 Å². The van der Waals surface area contributed by atoms with Crippen LogP contribution in [0.3, 0.4) is 0 Å². The molecular formula is C13H18O4S. The molecular weight excluding hydrogens is 252 g/mol. The Kier molecular flexibility index (Phi) is 5.48. The van der Waals surface area contributed by atoms with Gasteiger partial charge in [-0.25, -0.2) is 0 Å². The fourth-order valence-corrected chi connectivity index (χ4v) is 2.44. The van der Waals surface area contributed by atoms with Crippen molar-refractivity contribution < 1.29 is 19.0 Å². The molecule has 1 atom stereocenters. The molecule has 0 radical (unpaired) electrons. The van der Waals surface area contributed by atoms with Gasteiger partial charge in [-0.15, -0.1) is 11.3 Å². The van der Waals surface area contributed by atoms with Gasteiger partial charge in [-0.05, 0) is 12.8 Å². The summed E-state index contributed by atoms with van der Waals surface area (Å²) in [6.45, 7) is 1.83. The van der Waals surface area contributed by atoms with Crippen molar-refractivity contribution in [1.82, 2.24) is 0 Å². The van der Waals surface area contributed by atoms with Crippen molar-refractivity contribution in [3.8, 4) is 11.5 Å². The van der Waals surface area contributed by atoms with Crippen LogP contribution >= 0.6 is 11.3 Å². The lowest BCUT2D eigenvalue weighted by Gasteiger charge is -2.24. The van der Waals surface area contributed by atoms with Crippen molar-refractivity contribution in [3.05, 3.63) is 10.8 Å². The van der Waals surface area contributed by atoms with Crippen LogP contribution in [-0.4, -0.2) is 32.2 Å². The molecule has 18 heavy (non-hydrogen) atoms. The van der Waals surface area contributed by atoms with Crippen molar-refractivity contribution >= 4 is 17.6 Å². The van der Waals surface area contributed by atoms with E-state index in [0.717, 1.165) is 43.7 Å². The predicted octanol–water partition coefficient (Wildman–Crippen LogP) is 2.66. The molecule has 0 fully saturated rings. The topological polar surface area (TPSA) is 44.8 Å². The molecule has 0 bridgehead atoms. The molecule has 0 N–H and O–H groups in total. The lowest BCUT2D eigenvalue weighted by atomic mass is 10.2. The van der Waals surface area contributed by atoms with Gasteiger partial charge in [0.2, 0.25) is 0 Å². The van der Waals surface area contributed by atoms with Crippen molar-refractivity contribution in [2.24, 2.45) is 0 Å².